The highest BCUT2D eigenvalue weighted by molar-refractivity contribution is 5.55. The molecule has 0 radical (unpaired) electrons. The average Bonchev–Trinajstić information content (AvgIpc) is 2.28. The molecule has 88 valence electrons. The fourth-order valence-corrected chi connectivity index (χ4v) is 1.90. The first-order valence-electron chi connectivity index (χ1n) is 5.37. The average molecular weight is 216 g/mol. The first-order valence-corrected chi connectivity index (χ1v) is 5.37. The normalized spacial score (nSPS) is 33.7. The summed E-state index contributed by atoms with van der Waals surface area (Å²) < 4.78 is 16.0. The lowest BCUT2D eigenvalue weighted by Crippen LogP contribution is -2.37. The molecule has 4 nitrogen and oxygen atoms in total. The Hall–Kier alpha value is -0.450. The molecular formula is C11H20O4. The van der Waals surface area contributed by atoms with E-state index in [0.29, 0.717) is 12.3 Å². The van der Waals surface area contributed by atoms with Gasteiger partial charge in [-0.1, -0.05) is 6.92 Å². The molecular weight excluding hydrogens is 196 g/mol. The van der Waals surface area contributed by atoms with Crippen LogP contribution in [0.4, 0.5) is 0 Å². The molecule has 1 heterocycles. The second kappa shape index (κ2) is 6.20. The van der Waals surface area contributed by atoms with Crippen molar-refractivity contribution in [2.45, 2.75) is 44.7 Å². The molecule has 1 saturated heterocycles. The molecule has 0 aliphatic carbocycles. The summed E-state index contributed by atoms with van der Waals surface area (Å²) in [6.45, 7) is 2.11. The lowest BCUT2D eigenvalue weighted by atomic mass is 9.96. The molecule has 1 aliphatic heterocycles. The summed E-state index contributed by atoms with van der Waals surface area (Å²) in [6.07, 6.45) is 3.04. The summed E-state index contributed by atoms with van der Waals surface area (Å²) in [7, 11) is 3.19. The molecule has 0 unspecified atom stereocenters. The molecule has 1 rings (SSSR count). The molecule has 0 saturated carbocycles. The molecule has 0 bridgehead atoms. The van der Waals surface area contributed by atoms with Crippen LogP contribution in [-0.2, 0) is 19.0 Å². The summed E-state index contributed by atoms with van der Waals surface area (Å²) in [5.41, 5.74) is 0. The van der Waals surface area contributed by atoms with Gasteiger partial charge in [-0.2, -0.15) is 0 Å². The van der Waals surface area contributed by atoms with Crippen LogP contribution in [0.2, 0.25) is 0 Å². The summed E-state index contributed by atoms with van der Waals surface area (Å²) >= 11 is 0. The first kappa shape index (κ1) is 12.6. The molecule has 0 spiro atoms. The van der Waals surface area contributed by atoms with E-state index in [-0.39, 0.29) is 18.5 Å². The zero-order chi connectivity index (χ0) is 11.3. The van der Waals surface area contributed by atoms with Crippen LogP contribution in [0, 0.1) is 5.92 Å². The zero-order valence-electron chi connectivity index (χ0n) is 9.64. The van der Waals surface area contributed by atoms with Crippen molar-refractivity contribution >= 4 is 6.29 Å². The van der Waals surface area contributed by atoms with Crippen LogP contribution in [-0.4, -0.2) is 39.0 Å². The summed E-state index contributed by atoms with van der Waals surface area (Å²) in [5.74, 6) is 0.420. The molecule has 0 aromatic heterocycles. The minimum atomic E-state index is -0.360. The summed E-state index contributed by atoms with van der Waals surface area (Å²) in [5, 5.41) is 0. The Kier molecular flexibility index (Phi) is 5.22. The minimum absolute atomic E-state index is 0.0706. The van der Waals surface area contributed by atoms with E-state index >= 15 is 0 Å². The quantitative estimate of drug-likeness (QED) is 0.651. The number of hydrogen-bond donors (Lipinski definition) is 0. The Morgan fingerprint density at radius 3 is 2.73 bits per heavy atom. The third kappa shape index (κ3) is 3.55. The predicted octanol–water partition coefficient (Wildman–Crippen LogP) is 1.38. The SMILES string of the molecule is CO[C@H]1O[C@H](C[C@@H](C=O)OC)CC[C@H]1C. The van der Waals surface area contributed by atoms with Crippen molar-refractivity contribution in [2.75, 3.05) is 14.2 Å². The van der Waals surface area contributed by atoms with Crippen LogP contribution in [0.15, 0.2) is 0 Å². The Bertz CT molecular complexity index is 195. The number of rotatable bonds is 5. The number of hydrogen-bond acceptors (Lipinski definition) is 4. The van der Waals surface area contributed by atoms with Crippen LogP contribution in [0.25, 0.3) is 0 Å². The van der Waals surface area contributed by atoms with Crippen molar-refractivity contribution in [3.63, 3.8) is 0 Å². The van der Waals surface area contributed by atoms with Gasteiger partial charge in [0.2, 0.25) is 0 Å². The lowest BCUT2D eigenvalue weighted by Gasteiger charge is -2.34. The first-order chi connectivity index (χ1) is 7.21. The van der Waals surface area contributed by atoms with Crippen LogP contribution >= 0.6 is 0 Å². The highest BCUT2D eigenvalue weighted by Gasteiger charge is 2.29. The molecule has 0 N–H and O–H groups in total. The van der Waals surface area contributed by atoms with Gasteiger partial charge in [0.15, 0.2) is 6.29 Å². The number of ether oxygens (including phenoxy) is 3. The Morgan fingerprint density at radius 2 is 2.20 bits per heavy atom. The number of carbonyl (C=O) groups excluding carboxylic acids is 1. The number of carbonyl (C=O) groups is 1. The molecule has 1 aliphatic rings. The maximum atomic E-state index is 10.6. The van der Waals surface area contributed by atoms with E-state index in [2.05, 4.69) is 6.92 Å². The second-order valence-electron chi connectivity index (χ2n) is 4.06. The molecule has 0 aromatic rings. The fourth-order valence-electron chi connectivity index (χ4n) is 1.90. The van der Waals surface area contributed by atoms with Crippen molar-refractivity contribution in [2.24, 2.45) is 5.92 Å². The third-order valence-corrected chi connectivity index (χ3v) is 2.92. The highest BCUT2D eigenvalue weighted by atomic mass is 16.7. The Morgan fingerprint density at radius 1 is 1.47 bits per heavy atom. The van der Waals surface area contributed by atoms with Crippen molar-refractivity contribution < 1.29 is 19.0 Å². The van der Waals surface area contributed by atoms with Crippen molar-refractivity contribution in [3.8, 4) is 0 Å². The van der Waals surface area contributed by atoms with Gasteiger partial charge in [-0.05, 0) is 12.8 Å². The van der Waals surface area contributed by atoms with Crippen molar-refractivity contribution in [1.82, 2.24) is 0 Å². The minimum Gasteiger partial charge on any atom is -0.374 e. The van der Waals surface area contributed by atoms with Crippen LogP contribution in [0.5, 0.6) is 0 Å². The molecule has 1 fully saturated rings. The van der Waals surface area contributed by atoms with Gasteiger partial charge in [-0.3, -0.25) is 0 Å². The molecule has 4 atom stereocenters. The smallest absolute Gasteiger partial charge is 0.160 e. The van der Waals surface area contributed by atoms with E-state index in [9.17, 15) is 4.79 Å². The van der Waals surface area contributed by atoms with Gasteiger partial charge in [0.1, 0.15) is 12.4 Å². The highest BCUT2D eigenvalue weighted by Crippen LogP contribution is 2.27. The van der Waals surface area contributed by atoms with Crippen LogP contribution in [0.1, 0.15) is 26.2 Å². The third-order valence-electron chi connectivity index (χ3n) is 2.92. The lowest BCUT2D eigenvalue weighted by molar-refractivity contribution is -0.210. The van der Waals surface area contributed by atoms with Gasteiger partial charge in [-0.15, -0.1) is 0 Å². The van der Waals surface area contributed by atoms with Gasteiger partial charge >= 0.3 is 0 Å². The van der Waals surface area contributed by atoms with E-state index in [1.54, 1.807) is 14.2 Å². The standard InChI is InChI=1S/C11H20O4/c1-8-4-5-9(15-11(8)14-3)6-10(7-12)13-2/h7-11H,4-6H2,1-3H3/t8-,9+,10+,11+/m1/s1. The largest absolute Gasteiger partial charge is 0.374 e. The van der Waals surface area contributed by atoms with Crippen LogP contribution in [0.3, 0.4) is 0 Å². The van der Waals surface area contributed by atoms with Crippen LogP contribution < -0.4 is 0 Å². The Labute approximate surface area is 90.9 Å². The monoisotopic (exact) mass is 216 g/mol. The van der Waals surface area contributed by atoms with Gasteiger partial charge in [0.05, 0.1) is 6.10 Å². The maximum Gasteiger partial charge on any atom is 0.160 e. The second-order valence-corrected chi connectivity index (χ2v) is 4.06. The molecule has 4 heteroatoms. The van der Waals surface area contributed by atoms with Gasteiger partial charge < -0.3 is 19.0 Å². The fraction of sp³-hybridized carbons (Fsp3) is 0.909. The van der Waals surface area contributed by atoms with E-state index in [1.165, 1.54) is 0 Å². The van der Waals surface area contributed by atoms with E-state index < -0.39 is 0 Å². The van der Waals surface area contributed by atoms with E-state index in [0.717, 1.165) is 19.1 Å². The van der Waals surface area contributed by atoms with Gasteiger partial charge in [0.25, 0.3) is 0 Å². The molecule has 0 amide bonds. The number of methoxy groups -OCH3 is 2. The topological polar surface area (TPSA) is 44.8 Å². The Balaban J connectivity index is 2.40. The van der Waals surface area contributed by atoms with Gasteiger partial charge in [0, 0.05) is 26.6 Å². The van der Waals surface area contributed by atoms with E-state index in [1.807, 2.05) is 0 Å². The van der Waals surface area contributed by atoms with Crippen molar-refractivity contribution in [3.05, 3.63) is 0 Å². The molecule has 0 aromatic carbocycles. The zero-order valence-corrected chi connectivity index (χ0v) is 9.64. The molecule has 15 heavy (non-hydrogen) atoms. The number of aldehydes is 1. The predicted molar refractivity (Wildman–Crippen MR) is 55.5 cm³/mol. The maximum absolute atomic E-state index is 10.6. The summed E-state index contributed by atoms with van der Waals surface area (Å²) in [4.78, 5) is 10.6. The van der Waals surface area contributed by atoms with Crippen molar-refractivity contribution in [1.29, 1.82) is 0 Å². The summed E-state index contributed by atoms with van der Waals surface area (Å²) in [6, 6.07) is 0. The van der Waals surface area contributed by atoms with E-state index in [4.69, 9.17) is 14.2 Å². The van der Waals surface area contributed by atoms with Gasteiger partial charge in [-0.25, -0.2) is 0 Å².